The molecular formula is C21H29NO3. The van der Waals surface area contributed by atoms with Gasteiger partial charge in [0.1, 0.15) is 0 Å². The number of hydrogen-bond donors (Lipinski definition) is 0. The summed E-state index contributed by atoms with van der Waals surface area (Å²) in [4.78, 5) is 26.5. The monoisotopic (exact) mass is 343 g/mol. The maximum Gasteiger partial charge on any atom is 0.261 e. The largest absolute Gasteiger partial charge is 0.376 e. The number of ether oxygens (including phenoxy) is 1. The van der Waals surface area contributed by atoms with E-state index in [9.17, 15) is 9.59 Å². The molecule has 0 unspecified atom stereocenters. The second-order valence-corrected chi connectivity index (χ2v) is 8.37. The van der Waals surface area contributed by atoms with Crippen LogP contribution in [0.1, 0.15) is 67.7 Å². The molecule has 1 fully saturated rings. The normalized spacial score (nSPS) is 23.9. The second-order valence-electron chi connectivity index (χ2n) is 8.37. The smallest absolute Gasteiger partial charge is 0.261 e. The minimum absolute atomic E-state index is 0.0778. The van der Waals surface area contributed by atoms with Crippen LogP contribution in [-0.2, 0) is 4.74 Å². The van der Waals surface area contributed by atoms with E-state index in [0.717, 1.165) is 25.9 Å². The van der Waals surface area contributed by atoms with Gasteiger partial charge in [-0.2, -0.15) is 0 Å². The Morgan fingerprint density at radius 2 is 1.76 bits per heavy atom. The molecule has 0 spiro atoms. The molecule has 0 bridgehead atoms. The first-order valence-electron chi connectivity index (χ1n) is 9.39. The molecule has 0 aromatic heterocycles. The molecule has 4 nitrogen and oxygen atoms in total. The number of hydrogen-bond acceptors (Lipinski definition) is 3. The summed E-state index contributed by atoms with van der Waals surface area (Å²) < 4.78 is 5.86. The van der Waals surface area contributed by atoms with Crippen molar-refractivity contribution < 1.29 is 14.3 Å². The lowest BCUT2D eigenvalue weighted by Gasteiger charge is -2.41. The fourth-order valence-corrected chi connectivity index (χ4v) is 4.48. The highest BCUT2D eigenvalue weighted by Gasteiger charge is 2.38. The molecule has 3 rings (SSSR count). The maximum atomic E-state index is 12.6. The van der Waals surface area contributed by atoms with Gasteiger partial charge in [0.15, 0.2) is 0 Å². The molecule has 1 saturated heterocycles. The van der Waals surface area contributed by atoms with Crippen molar-refractivity contribution >= 4 is 11.8 Å². The van der Waals surface area contributed by atoms with E-state index in [-0.39, 0.29) is 17.4 Å². The highest BCUT2D eigenvalue weighted by atomic mass is 16.5. The van der Waals surface area contributed by atoms with Gasteiger partial charge in [0.05, 0.1) is 16.7 Å². The predicted octanol–water partition coefficient (Wildman–Crippen LogP) is 4.15. The van der Waals surface area contributed by atoms with Crippen LogP contribution in [0.4, 0.5) is 0 Å². The summed E-state index contributed by atoms with van der Waals surface area (Å²) in [7, 11) is 0. The molecule has 136 valence electrons. The Balaban J connectivity index is 1.69. The fraction of sp³-hybridized carbons (Fsp3) is 0.619. The third kappa shape index (κ3) is 3.64. The molecule has 2 aliphatic heterocycles. The summed E-state index contributed by atoms with van der Waals surface area (Å²) in [6.07, 6.45) is 2.97. The van der Waals surface area contributed by atoms with Crippen LogP contribution in [0, 0.1) is 17.8 Å². The van der Waals surface area contributed by atoms with Crippen LogP contribution in [-0.4, -0.2) is 35.5 Å². The van der Waals surface area contributed by atoms with Crippen LogP contribution in [0.3, 0.4) is 0 Å². The predicted molar refractivity (Wildman–Crippen MR) is 97.5 cm³/mol. The molecule has 2 amide bonds. The first kappa shape index (κ1) is 18.1. The number of carbonyl (C=O) groups is 2. The molecule has 0 radical (unpaired) electrons. The quantitative estimate of drug-likeness (QED) is 0.755. The van der Waals surface area contributed by atoms with E-state index in [1.54, 1.807) is 12.1 Å². The molecule has 0 aliphatic carbocycles. The molecule has 2 heterocycles. The summed E-state index contributed by atoms with van der Waals surface area (Å²) in [6.45, 7) is 10.1. The molecule has 0 N–H and O–H groups in total. The maximum absolute atomic E-state index is 12.6. The third-order valence-electron chi connectivity index (χ3n) is 5.76. The van der Waals surface area contributed by atoms with Gasteiger partial charge in [0.25, 0.3) is 11.8 Å². The van der Waals surface area contributed by atoms with E-state index in [2.05, 4.69) is 27.7 Å². The van der Waals surface area contributed by atoms with Gasteiger partial charge in [-0.3, -0.25) is 14.5 Å². The van der Waals surface area contributed by atoms with Crippen LogP contribution in [0.15, 0.2) is 24.3 Å². The Kier molecular flexibility index (Phi) is 5.01. The first-order valence-corrected chi connectivity index (χ1v) is 9.39. The number of carbonyl (C=O) groups excluding carboxylic acids is 2. The van der Waals surface area contributed by atoms with E-state index in [1.165, 1.54) is 4.90 Å². The third-order valence-corrected chi connectivity index (χ3v) is 5.76. The SMILES string of the molecule is CC(C)[C@H](CCN1C(=O)c2ccccc2C1=O)[C@@H]1CCOC(C)(C)C1. The topological polar surface area (TPSA) is 46.6 Å². The Morgan fingerprint density at radius 1 is 1.16 bits per heavy atom. The molecule has 1 aromatic rings. The van der Waals surface area contributed by atoms with Gasteiger partial charge < -0.3 is 4.74 Å². The minimum atomic E-state index is -0.143. The zero-order chi connectivity index (χ0) is 18.2. The zero-order valence-electron chi connectivity index (χ0n) is 15.7. The van der Waals surface area contributed by atoms with Crippen LogP contribution in [0.25, 0.3) is 0 Å². The van der Waals surface area contributed by atoms with Crippen molar-refractivity contribution in [2.24, 2.45) is 17.8 Å². The van der Waals surface area contributed by atoms with E-state index >= 15 is 0 Å². The molecule has 4 heteroatoms. The lowest BCUT2D eigenvalue weighted by atomic mass is 9.73. The van der Waals surface area contributed by atoms with Crippen molar-refractivity contribution in [3.8, 4) is 0 Å². The van der Waals surface area contributed by atoms with E-state index in [1.807, 2.05) is 12.1 Å². The number of amides is 2. The minimum Gasteiger partial charge on any atom is -0.376 e. The van der Waals surface area contributed by atoms with E-state index < -0.39 is 0 Å². The standard InChI is InChI=1S/C21H29NO3/c1-14(2)16(15-10-12-25-21(3,4)13-15)9-11-22-19(23)17-7-5-6-8-18(17)20(22)24/h5-8,14-16H,9-13H2,1-4H3/t15-,16+/m1/s1. The van der Waals surface area contributed by atoms with E-state index in [4.69, 9.17) is 4.74 Å². The van der Waals surface area contributed by atoms with Gasteiger partial charge in [0, 0.05) is 13.2 Å². The van der Waals surface area contributed by atoms with Crippen LogP contribution >= 0.6 is 0 Å². The van der Waals surface area contributed by atoms with Crippen molar-refractivity contribution in [2.45, 2.75) is 52.6 Å². The summed E-state index contributed by atoms with van der Waals surface area (Å²) in [5, 5.41) is 0. The van der Waals surface area contributed by atoms with Gasteiger partial charge in [-0.25, -0.2) is 0 Å². The van der Waals surface area contributed by atoms with Gasteiger partial charge in [-0.05, 0) is 63.0 Å². The van der Waals surface area contributed by atoms with E-state index in [0.29, 0.717) is 35.4 Å². The number of fused-ring (bicyclic) bond motifs is 1. The molecule has 25 heavy (non-hydrogen) atoms. The van der Waals surface area contributed by atoms with Gasteiger partial charge in [0.2, 0.25) is 0 Å². The highest BCUT2D eigenvalue weighted by Crippen LogP contribution is 2.38. The Labute approximate surface area is 150 Å². The zero-order valence-corrected chi connectivity index (χ0v) is 15.7. The first-order chi connectivity index (χ1) is 11.8. The highest BCUT2D eigenvalue weighted by molar-refractivity contribution is 6.21. The molecule has 1 aromatic carbocycles. The summed E-state index contributed by atoms with van der Waals surface area (Å²) >= 11 is 0. The van der Waals surface area contributed by atoms with Crippen molar-refractivity contribution in [3.63, 3.8) is 0 Å². The summed E-state index contributed by atoms with van der Waals surface area (Å²) in [6, 6.07) is 7.12. The average molecular weight is 343 g/mol. The number of benzene rings is 1. The lowest BCUT2D eigenvalue weighted by molar-refractivity contribution is -0.0871. The van der Waals surface area contributed by atoms with Crippen molar-refractivity contribution in [3.05, 3.63) is 35.4 Å². The van der Waals surface area contributed by atoms with Crippen LogP contribution in [0.5, 0.6) is 0 Å². The molecule has 2 atom stereocenters. The van der Waals surface area contributed by atoms with Gasteiger partial charge in [-0.1, -0.05) is 26.0 Å². The summed E-state index contributed by atoms with van der Waals surface area (Å²) in [5.41, 5.74) is 1.01. The summed E-state index contributed by atoms with van der Waals surface area (Å²) in [5.74, 6) is 1.31. The Morgan fingerprint density at radius 3 is 2.28 bits per heavy atom. The molecular weight excluding hydrogens is 314 g/mol. The Hall–Kier alpha value is -1.68. The fourth-order valence-electron chi connectivity index (χ4n) is 4.48. The molecule has 2 aliphatic rings. The van der Waals surface area contributed by atoms with Crippen molar-refractivity contribution in [2.75, 3.05) is 13.2 Å². The number of nitrogens with zero attached hydrogens (tertiary/aromatic N) is 1. The van der Waals surface area contributed by atoms with Crippen LogP contribution < -0.4 is 0 Å². The van der Waals surface area contributed by atoms with Crippen molar-refractivity contribution in [1.82, 2.24) is 4.90 Å². The number of imide groups is 1. The average Bonchev–Trinajstić information content (AvgIpc) is 2.79. The van der Waals surface area contributed by atoms with Gasteiger partial charge >= 0.3 is 0 Å². The number of rotatable bonds is 5. The second kappa shape index (κ2) is 6.91. The van der Waals surface area contributed by atoms with Gasteiger partial charge in [-0.15, -0.1) is 0 Å². The lowest BCUT2D eigenvalue weighted by Crippen LogP contribution is -2.39. The Bertz CT molecular complexity index is 630. The van der Waals surface area contributed by atoms with Crippen LogP contribution in [0.2, 0.25) is 0 Å². The molecule has 0 saturated carbocycles. The van der Waals surface area contributed by atoms with Crippen molar-refractivity contribution in [1.29, 1.82) is 0 Å².